The maximum atomic E-state index is 3.14. The van der Waals surface area contributed by atoms with Crippen LogP contribution in [0.4, 0.5) is 0 Å². The van der Waals surface area contributed by atoms with Gasteiger partial charge in [0, 0.05) is 0 Å². The van der Waals surface area contributed by atoms with Crippen LogP contribution in [0.15, 0.2) is 17.0 Å². The van der Waals surface area contributed by atoms with E-state index in [1.54, 1.807) is 22.7 Å². The fourth-order valence-corrected chi connectivity index (χ4v) is 2.36. The molecule has 0 radical (unpaired) electrons. The maximum Gasteiger partial charge on any atom is 0.278 e. The van der Waals surface area contributed by atoms with Crippen LogP contribution >= 0.6 is 22.7 Å². The van der Waals surface area contributed by atoms with E-state index in [1.807, 2.05) is 5.51 Å². The molecule has 0 saturated carbocycles. The zero-order valence-electron chi connectivity index (χ0n) is 4.05. The van der Waals surface area contributed by atoms with E-state index >= 15 is 0 Å². The summed E-state index contributed by atoms with van der Waals surface area (Å²) < 4.78 is 1.36. The summed E-state index contributed by atoms with van der Waals surface area (Å²) in [5.74, 6) is 0. The number of hydrogen-bond donors (Lipinski definition) is 0. The van der Waals surface area contributed by atoms with Crippen molar-refractivity contribution in [2.45, 2.75) is 0 Å². The number of H-pyrrole nitrogens is 1. The molecule has 2 aromatic heterocycles. The van der Waals surface area contributed by atoms with Crippen LogP contribution in [0.1, 0.15) is 0 Å². The van der Waals surface area contributed by atoms with Gasteiger partial charge in [0.15, 0.2) is 0 Å². The van der Waals surface area contributed by atoms with Crippen LogP contribution in [0.2, 0.25) is 0 Å². The SMILES string of the molecule is c1[nH+]c2sccc2s1. The van der Waals surface area contributed by atoms with Crippen LogP contribution < -0.4 is 4.98 Å². The second-order valence-corrected chi connectivity index (χ2v) is 3.32. The third-order valence-corrected chi connectivity index (χ3v) is 2.81. The van der Waals surface area contributed by atoms with Crippen molar-refractivity contribution in [3.8, 4) is 0 Å². The summed E-state index contributed by atoms with van der Waals surface area (Å²) in [6.07, 6.45) is 0. The Morgan fingerprint density at radius 1 is 1.38 bits per heavy atom. The zero-order chi connectivity index (χ0) is 5.40. The van der Waals surface area contributed by atoms with Crippen molar-refractivity contribution in [2.75, 3.05) is 0 Å². The molecule has 2 rings (SSSR count). The quantitative estimate of drug-likeness (QED) is 0.532. The molecule has 0 fully saturated rings. The molecule has 3 heteroatoms. The molecule has 2 aromatic rings. The lowest BCUT2D eigenvalue weighted by Crippen LogP contribution is -1.89. The van der Waals surface area contributed by atoms with E-state index in [1.165, 1.54) is 9.53 Å². The number of thiazole rings is 1. The van der Waals surface area contributed by atoms with Crippen molar-refractivity contribution in [1.29, 1.82) is 0 Å². The van der Waals surface area contributed by atoms with Crippen LogP contribution in [-0.2, 0) is 0 Å². The second-order valence-electron chi connectivity index (χ2n) is 1.49. The molecule has 0 aliphatic carbocycles. The van der Waals surface area contributed by atoms with Crippen LogP contribution in [0.3, 0.4) is 0 Å². The highest BCUT2D eigenvalue weighted by atomic mass is 32.1. The zero-order valence-corrected chi connectivity index (χ0v) is 5.68. The fourth-order valence-electron chi connectivity index (χ4n) is 0.642. The first-order valence-electron chi connectivity index (χ1n) is 2.29. The molecule has 0 spiro atoms. The van der Waals surface area contributed by atoms with Crippen molar-refractivity contribution in [2.24, 2.45) is 0 Å². The predicted octanol–water partition coefficient (Wildman–Crippen LogP) is 1.78. The highest BCUT2D eigenvalue weighted by Crippen LogP contribution is 2.18. The summed E-state index contributed by atoms with van der Waals surface area (Å²) in [6.45, 7) is 0. The first kappa shape index (κ1) is 4.47. The smallest absolute Gasteiger partial charge is 0.192 e. The average molecular weight is 142 g/mol. The van der Waals surface area contributed by atoms with Gasteiger partial charge in [-0.3, -0.25) is 0 Å². The molecule has 1 N–H and O–H groups in total. The number of aromatic amines is 1. The van der Waals surface area contributed by atoms with Gasteiger partial charge in [-0.05, 0) is 11.4 Å². The number of thiophene rings is 1. The van der Waals surface area contributed by atoms with Gasteiger partial charge in [0.2, 0.25) is 5.51 Å². The van der Waals surface area contributed by atoms with Gasteiger partial charge in [0.05, 0.1) is 0 Å². The molecule has 0 aliphatic rings. The second kappa shape index (κ2) is 1.53. The average Bonchev–Trinajstić information content (AvgIpc) is 2.15. The molecule has 0 aromatic carbocycles. The predicted molar refractivity (Wildman–Crippen MR) is 36.3 cm³/mol. The minimum atomic E-state index is 1.29. The van der Waals surface area contributed by atoms with E-state index in [0.29, 0.717) is 0 Å². The molecular formula is C5H4NS2+. The molecule has 1 nitrogen and oxygen atoms in total. The van der Waals surface area contributed by atoms with Gasteiger partial charge in [-0.1, -0.05) is 22.7 Å². The molecule has 8 heavy (non-hydrogen) atoms. The van der Waals surface area contributed by atoms with Gasteiger partial charge in [-0.15, -0.1) is 0 Å². The number of aromatic nitrogens is 1. The number of hydrogen-bond acceptors (Lipinski definition) is 2. The molecule has 0 amide bonds. The fraction of sp³-hybridized carbons (Fsp3) is 0. The highest BCUT2D eigenvalue weighted by molar-refractivity contribution is 7.24. The van der Waals surface area contributed by atoms with Crippen LogP contribution in [0.25, 0.3) is 9.53 Å². The molecule has 0 aliphatic heterocycles. The van der Waals surface area contributed by atoms with Gasteiger partial charge in [-0.25, -0.2) is 0 Å². The first-order chi connectivity index (χ1) is 3.97. The summed E-state index contributed by atoms with van der Waals surface area (Å²) in [4.78, 5) is 4.42. The van der Waals surface area contributed by atoms with Gasteiger partial charge in [0.25, 0.3) is 4.83 Å². The van der Waals surface area contributed by atoms with Gasteiger partial charge < -0.3 is 0 Å². The van der Waals surface area contributed by atoms with E-state index in [2.05, 4.69) is 16.4 Å². The van der Waals surface area contributed by atoms with E-state index in [4.69, 9.17) is 0 Å². The Morgan fingerprint density at radius 2 is 2.38 bits per heavy atom. The molecule has 0 saturated heterocycles. The Morgan fingerprint density at radius 3 is 3.25 bits per heavy atom. The van der Waals surface area contributed by atoms with Gasteiger partial charge >= 0.3 is 0 Å². The topological polar surface area (TPSA) is 14.1 Å². The first-order valence-corrected chi connectivity index (χ1v) is 4.05. The van der Waals surface area contributed by atoms with Crippen molar-refractivity contribution in [3.63, 3.8) is 0 Å². The summed E-state index contributed by atoms with van der Waals surface area (Å²) in [7, 11) is 0. The van der Waals surface area contributed by atoms with E-state index in [0.717, 1.165) is 0 Å². The third kappa shape index (κ3) is 0.485. The van der Waals surface area contributed by atoms with Crippen LogP contribution in [-0.4, -0.2) is 0 Å². The maximum absolute atomic E-state index is 3.14. The lowest BCUT2D eigenvalue weighted by Gasteiger charge is -1.54. The molecule has 40 valence electrons. The Balaban J connectivity index is 3.06. The summed E-state index contributed by atoms with van der Waals surface area (Å²) in [5, 5.41) is 2.09. The van der Waals surface area contributed by atoms with Crippen LogP contribution in [0.5, 0.6) is 0 Å². The van der Waals surface area contributed by atoms with Crippen molar-refractivity contribution >= 4 is 32.2 Å². The Kier molecular flexibility index (Phi) is 0.856. The van der Waals surface area contributed by atoms with E-state index in [9.17, 15) is 0 Å². The van der Waals surface area contributed by atoms with Gasteiger partial charge in [-0.2, -0.15) is 4.98 Å². The van der Waals surface area contributed by atoms with Gasteiger partial charge in [0.1, 0.15) is 4.70 Å². The standard InChI is InChI=1S/C5H3NS2/c1-2-7-5-4(1)8-3-6-5/h1-3H/p+1. The lowest BCUT2D eigenvalue weighted by molar-refractivity contribution is -0.335. The van der Waals surface area contributed by atoms with E-state index in [-0.39, 0.29) is 0 Å². The Bertz CT molecular complexity index is 232. The summed E-state index contributed by atoms with van der Waals surface area (Å²) >= 11 is 3.50. The molecular weight excluding hydrogens is 138 g/mol. The number of nitrogens with one attached hydrogen (secondary N) is 1. The normalized spacial score (nSPS) is 10.5. The largest absolute Gasteiger partial charge is 0.278 e. The van der Waals surface area contributed by atoms with Crippen molar-refractivity contribution in [3.05, 3.63) is 17.0 Å². The third-order valence-electron chi connectivity index (χ3n) is 1.01. The highest BCUT2D eigenvalue weighted by Gasteiger charge is 1.99. The van der Waals surface area contributed by atoms with Crippen molar-refractivity contribution in [1.82, 2.24) is 0 Å². The Labute approximate surface area is 54.6 Å². The molecule has 0 atom stereocenters. The molecule has 0 bridgehead atoms. The molecule has 2 heterocycles. The van der Waals surface area contributed by atoms with E-state index < -0.39 is 0 Å². The monoisotopic (exact) mass is 142 g/mol. The van der Waals surface area contributed by atoms with Crippen LogP contribution in [0, 0.1) is 0 Å². The summed E-state index contributed by atoms with van der Waals surface area (Å²) in [5.41, 5.74) is 2.00. The minimum absolute atomic E-state index is 1.29. The molecule has 0 unspecified atom stereocenters. The summed E-state index contributed by atoms with van der Waals surface area (Å²) in [6, 6.07) is 2.13. The number of rotatable bonds is 0. The number of fused-ring (bicyclic) bond motifs is 1. The Hall–Kier alpha value is -0.410. The van der Waals surface area contributed by atoms with Crippen molar-refractivity contribution < 1.29 is 4.98 Å². The lowest BCUT2D eigenvalue weighted by atomic mass is 10.6. The minimum Gasteiger partial charge on any atom is -0.192 e.